The van der Waals surface area contributed by atoms with Crippen LogP contribution in [0.25, 0.3) is 11.0 Å². The predicted molar refractivity (Wildman–Crippen MR) is 85.0 cm³/mol. The van der Waals surface area contributed by atoms with Crippen molar-refractivity contribution in [3.05, 3.63) is 29.6 Å². The lowest BCUT2D eigenvalue weighted by Crippen LogP contribution is -2.41. The van der Waals surface area contributed by atoms with Gasteiger partial charge in [-0.05, 0) is 37.4 Å². The average molecular weight is 313 g/mol. The molecule has 2 aromatic rings. The van der Waals surface area contributed by atoms with Crippen molar-refractivity contribution in [2.45, 2.75) is 18.9 Å². The molecule has 2 fully saturated rings. The monoisotopic (exact) mass is 313 g/mol. The van der Waals surface area contributed by atoms with E-state index < -0.39 is 5.91 Å². The Labute approximate surface area is 133 Å². The van der Waals surface area contributed by atoms with E-state index >= 15 is 0 Å². The van der Waals surface area contributed by atoms with Gasteiger partial charge < -0.3 is 20.9 Å². The number of aromatic amines is 1. The third-order valence-electron chi connectivity index (χ3n) is 4.87. The number of nitrogens with zero attached hydrogens (tertiary/aromatic N) is 2. The minimum atomic E-state index is -0.544. The molecule has 1 aromatic carbocycles. The van der Waals surface area contributed by atoms with Gasteiger partial charge in [0, 0.05) is 19.1 Å². The van der Waals surface area contributed by atoms with Crippen LogP contribution >= 0.6 is 0 Å². The zero-order valence-corrected chi connectivity index (χ0v) is 12.7. The Morgan fingerprint density at radius 3 is 2.96 bits per heavy atom. The Bertz CT molecular complexity index is 770. The first-order chi connectivity index (χ1) is 11.1. The Kier molecular flexibility index (Phi) is 3.30. The summed E-state index contributed by atoms with van der Waals surface area (Å²) in [6.07, 6.45) is 2.32. The van der Waals surface area contributed by atoms with E-state index in [0.29, 0.717) is 35.1 Å². The van der Waals surface area contributed by atoms with Crippen LogP contribution in [0.1, 0.15) is 33.8 Å². The number of carbonyl (C=O) groups excluding carboxylic acids is 2. The lowest BCUT2D eigenvalue weighted by molar-refractivity contribution is 0.0774. The van der Waals surface area contributed by atoms with Gasteiger partial charge in [0.1, 0.15) is 5.52 Å². The number of benzene rings is 1. The second kappa shape index (κ2) is 5.34. The summed E-state index contributed by atoms with van der Waals surface area (Å²) >= 11 is 0. The first-order valence-electron chi connectivity index (χ1n) is 7.94. The first kappa shape index (κ1) is 14.2. The number of primary amides is 1. The zero-order valence-electron chi connectivity index (χ0n) is 12.7. The van der Waals surface area contributed by atoms with Crippen LogP contribution in [-0.2, 0) is 0 Å². The van der Waals surface area contributed by atoms with E-state index in [1.165, 1.54) is 0 Å². The number of nitrogens with one attached hydrogen (secondary N) is 2. The molecule has 4 N–H and O–H groups in total. The molecule has 3 heterocycles. The summed E-state index contributed by atoms with van der Waals surface area (Å²) in [4.78, 5) is 33.4. The van der Waals surface area contributed by atoms with Crippen LogP contribution in [0.4, 0.5) is 0 Å². The van der Waals surface area contributed by atoms with Crippen molar-refractivity contribution in [3.63, 3.8) is 0 Å². The number of hydrogen-bond acceptors (Lipinski definition) is 4. The highest BCUT2D eigenvalue weighted by Gasteiger charge is 2.37. The van der Waals surface area contributed by atoms with Gasteiger partial charge in [-0.15, -0.1) is 0 Å². The smallest absolute Gasteiger partial charge is 0.289 e. The summed E-state index contributed by atoms with van der Waals surface area (Å²) in [7, 11) is 0. The van der Waals surface area contributed by atoms with E-state index in [2.05, 4.69) is 15.3 Å². The lowest BCUT2D eigenvalue weighted by Gasteiger charge is -2.24. The molecule has 0 radical (unpaired) electrons. The molecule has 1 aromatic heterocycles. The number of para-hydroxylation sites is 1. The maximum atomic E-state index is 12.7. The molecule has 7 heteroatoms. The van der Waals surface area contributed by atoms with E-state index in [-0.39, 0.29) is 11.7 Å². The Morgan fingerprint density at radius 1 is 1.30 bits per heavy atom. The molecular formula is C16H19N5O2. The Hall–Kier alpha value is -2.41. The fourth-order valence-corrected chi connectivity index (χ4v) is 3.69. The minimum absolute atomic E-state index is 0.118. The number of rotatable bonds is 2. The summed E-state index contributed by atoms with van der Waals surface area (Å²) in [6, 6.07) is 5.52. The molecule has 2 amide bonds. The van der Waals surface area contributed by atoms with Crippen LogP contribution in [0.5, 0.6) is 0 Å². The molecule has 0 spiro atoms. The second-order valence-electron chi connectivity index (χ2n) is 6.32. The van der Waals surface area contributed by atoms with Crippen molar-refractivity contribution < 1.29 is 9.59 Å². The van der Waals surface area contributed by atoms with Crippen LogP contribution in [0.15, 0.2) is 18.2 Å². The molecule has 2 saturated heterocycles. The summed E-state index contributed by atoms with van der Waals surface area (Å²) in [6.45, 7) is 2.50. The molecule has 4 rings (SSSR count). The molecule has 2 atom stereocenters. The van der Waals surface area contributed by atoms with Crippen LogP contribution in [0, 0.1) is 5.92 Å². The highest BCUT2D eigenvalue weighted by atomic mass is 16.2. The molecule has 0 bridgehead atoms. The number of likely N-dealkylation sites (tertiary alicyclic amines) is 1. The fourth-order valence-electron chi connectivity index (χ4n) is 3.69. The molecule has 0 aliphatic carbocycles. The highest BCUT2D eigenvalue weighted by Crippen LogP contribution is 2.26. The predicted octanol–water partition coefficient (Wildman–Crippen LogP) is 0.486. The number of hydrogen-bond donors (Lipinski definition) is 3. The summed E-state index contributed by atoms with van der Waals surface area (Å²) in [5.74, 6) is 0.135. The minimum Gasteiger partial charge on any atom is -0.366 e. The van der Waals surface area contributed by atoms with E-state index in [4.69, 9.17) is 5.73 Å². The normalized spacial score (nSPS) is 23.9. The van der Waals surface area contributed by atoms with Gasteiger partial charge in [-0.1, -0.05) is 6.07 Å². The molecule has 2 aliphatic heterocycles. The van der Waals surface area contributed by atoms with Crippen LogP contribution in [0.2, 0.25) is 0 Å². The standard InChI is InChI=1S/C16H19N5O2/c17-14(22)10-4-1-5-11-13(10)20-15(19-11)16(23)21-7-9-3-2-6-18-12(9)8-21/h1,4-5,9,12,18H,2-3,6-8H2,(H2,17,22)(H,19,20)/t9-,12+/m1/s1. The van der Waals surface area contributed by atoms with Gasteiger partial charge in [-0.3, -0.25) is 9.59 Å². The SMILES string of the molecule is NC(=O)c1cccc2[nH]c(C(=O)N3C[C@H]4CCCN[C@H]4C3)nc12. The van der Waals surface area contributed by atoms with Crippen LogP contribution in [-0.4, -0.2) is 52.4 Å². The number of H-pyrrole nitrogens is 1. The number of amides is 2. The Morgan fingerprint density at radius 2 is 2.17 bits per heavy atom. The van der Waals surface area contributed by atoms with E-state index in [9.17, 15) is 9.59 Å². The van der Waals surface area contributed by atoms with Crippen molar-refractivity contribution in [2.75, 3.05) is 19.6 Å². The van der Waals surface area contributed by atoms with Gasteiger partial charge in [-0.2, -0.15) is 0 Å². The van der Waals surface area contributed by atoms with Crippen molar-refractivity contribution in [3.8, 4) is 0 Å². The van der Waals surface area contributed by atoms with Crippen molar-refractivity contribution in [1.29, 1.82) is 0 Å². The topological polar surface area (TPSA) is 104 Å². The van der Waals surface area contributed by atoms with Gasteiger partial charge in [0.2, 0.25) is 0 Å². The zero-order chi connectivity index (χ0) is 16.0. The Balaban J connectivity index is 1.63. The maximum absolute atomic E-state index is 12.7. The first-order valence-corrected chi connectivity index (χ1v) is 7.94. The summed E-state index contributed by atoms with van der Waals surface area (Å²) in [5, 5.41) is 3.48. The number of carbonyl (C=O) groups is 2. The summed E-state index contributed by atoms with van der Waals surface area (Å²) in [5.41, 5.74) is 6.81. The highest BCUT2D eigenvalue weighted by molar-refractivity contribution is 6.05. The van der Waals surface area contributed by atoms with Gasteiger partial charge in [0.15, 0.2) is 5.82 Å². The molecule has 2 aliphatic rings. The number of aromatic nitrogens is 2. The van der Waals surface area contributed by atoms with E-state index in [1.807, 2.05) is 4.90 Å². The second-order valence-corrected chi connectivity index (χ2v) is 6.32. The molecule has 0 unspecified atom stereocenters. The number of fused-ring (bicyclic) bond motifs is 2. The lowest BCUT2D eigenvalue weighted by atomic mass is 9.94. The molecule has 23 heavy (non-hydrogen) atoms. The van der Waals surface area contributed by atoms with E-state index in [1.54, 1.807) is 18.2 Å². The molecule has 7 nitrogen and oxygen atoms in total. The van der Waals surface area contributed by atoms with Crippen molar-refractivity contribution in [2.24, 2.45) is 11.7 Å². The van der Waals surface area contributed by atoms with Crippen LogP contribution < -0.4 is 11.1 Å². The van der Waals surface area contributed by atoms with Crippen molar-refractivity contribution >= 4 is 22.8 Å². The number of imidazole rings is 1. The average Bonchev–Trinajstić information content (AvgIpc) is 3.17. The number of nitrogens with two attached hydrogens (primary N) is 1. The third kappa shape index (κ3) is 2.37. The molecular weight excluding hydrogens is 294 g/mol. The number of piperidine rings is 1. The van der Waals surface area contributed by atoms with Gasteiger partial charge in [-0.25, -0.2) is 4.98 Å². The van der Waals surface area contributed by atoms with Gasteiger partial charge >= 0.3 is 0 Å². The molecule has 120 valence electrons. The van der Waals surface area contributed by atoms with E-state index in [0.717, 1.165) is 25.9 Å². The van der Waals surface area contributed by atoms with Crippen molar-refractivity contribution in [1.82, 2.24) is 20.2 Å². The largest absolute Gasteiger partial charge is 0.366 e. The third-order valence-corrected chi connectivity index (χ3v) is 4.87. The molecule has 0 saturated carbocycles. The van der Waals surface area contributed by atoms with Gasteiger partial charge in [0.25, 0.3) is 11.8 Å². The van der Waals surface area contributed by atoms with Gasteiger partial charge in [0.05, 0.1) is 11.1 Å². The maximum Gasteiger partial charge on any atom is 0.289 e. The quantitative estimate of drug-likeness (QED) is 0.750. The fraction of sp³-hybridized carbons (Fsp3) is 0.438. The summed E-state index contributed by atoms with van der Waals surface area (Å²) < 4.78 is 0. The van der Waals surface area contributed by atoms with Crippen LogP contribution in [0.3, 0.4) is 0 Å².